The van der Waals surface area contributed by atoms with Crippen LogP contribution in [0.1, 0.15) is 18.4 Å². The third kappa shape index (κ3) is 3.91. The molecule has 0 radical (unpaired) electrons. The van der Waals surface area contributed by atoms with Crippen molar-refractivity contribution in [2.45, 2.75) is 19.4 Å². The van der Waals surface area contributed by atoms with E-state index < -0.39 is 0 Å². The minimum Gasteiger partial charge on any atom is -0.355 e. The smallest absolute Gasteiger partial charge is 0.260 e. The van der Waals surface area contributed by atoms with E-state index in [2.05, 4.69) is 31.2 Å². The molecular formula is C20H23N5O. The summed E-state index contributed by atoms with van der Waals surface area (Å²) in [6.07, 6.45) is 6.12. The molecular weight excluding hydrogens is 326 g/mol. The molecule has 2 N–H and O–H groups in total. The van der Waals surface area contributed by atoms with Crippen LogP contribution in [0.2, 0.25) is 0 Å². The van der Waals surface area contributed by atoms with Crippen molar-refractivity contribution in [1.29, 1.82) is 0 Å². The number of nitrogens with zero attached hydrogens (tertiary/aromatic N) is 3. The van der Waals surface area contributed by atoms with E-state index in [0.29, 0.717) is 17.3 Å². The summed E-state index contributed by atoms with van der Waals surface area (Å²) in [5, 5.41) is 3.95. The number of aromatic amines is 1. The highest BCUT2D eigenvalue weighted by Crippen LogP contribution is 2.19. The zero-order valence-corrected chi connectivity index (χ0v) is 14.7. The number of likely N-dealkylation sites (tertiary alicyclic amines) is 1. The van der Waals surface area contributed by atoms with Gasteiger partial charge in [-0.15, -0.1) is 0 Å². The Hall–Kier alpha value is -2.73. The van der Waals surface area contributed by atoms with Crippen molar-refractivity contribution in [3.63, 3.8) is 0 Å². The van der Waals surface area contributed by atoms with Crippen LogP contribution < -0.4 is 10.9 Å². The second-order valence-corrected chi connectivity index (χ2v) is 6.92. The summed E-state index contributed by atoms with van der Waals surface area (Å²) in [5.41, 5.74) is 1.88. The summed E-state index contributed by atoms with van der Waals surface area (Å²) in [6, 6.07) is 11.5. The van der Waals surface area contributed by atoms with Gasteiger partial charge in [0, 0.05) is 32.0 Å². The number of H-pyrrole nitrogens is 1. The minimum atomic E-state index is -0.0973. The number of anilines is 1. The van der Waals surface area contributed by atoms with Gasteiger partial charge in [-0.3, -0.25) is 19.7 Å². The predicted molar refractivity (Wildman–Crippen MR) is 103 cm³/mol. The van der Waals surface area contributed by atoms with Gasteiger partial charge in [-0.1, -0.05) is 18.2 Å². The Bertz CT molecular complexity index is 924. The molecule has 1 unspecified atom stereocenters. The molecule has 1 aliphatic rings. The van der Waals surface area contributed by atoms with Crippen LogP contribution in [0.4, 0.5) is 5.95 Å². The van der Waals surface area contributed by atoms with E-state index in [9.17, 15) is 4.79 Å². The van der Waals surface area contributed by atoms with E-state index >= 15 is 0 Å². The van der Waals surface area contributed by atoms with Crippen LogP contribution in [-0.2, 0) is 6.54 Å². The Morgan fingerprint density at radius 2 is 2.15 bits per heavy atom. The van der Waals surface area contributed by atoms with Crippen molar-refractivity contribution in [2.24, 2.45) is 5.92 Å². The Morgan fingerprint density at radius 1 is 1.23 bits per heavy atom. The van der Waals surface area contributed by atoms with Crippen molar-refractivity contribution in [3.05, 3.63) is 64.7 Å². The van der Waals surface area contributed by atoms with E-state index in [1.54, 1.807) is 6.07 Å². The molecule has 0 aliphatic carbocycles. The zero-order chi connectivity index (χ0) is 17.8. The molecule has 0 bridgehead atoms. The highest BCUT2D eigenvalue weighted by Gasteiger charge is 2.20. The fourth-order valence-corrected chi connectivity index (χ4v) is 3.62. The Labute approximate surface area is 152 Å². The largest absolute Gasteiger partial charge is 0.355 e. The highest BCUT2D eigenvalue weighted by molar-refractivity contribution is 5.78. The molecule has 3 heterocycles. The molecule has 26 heavy (non-hydrogen) atoms. The van der Waals surface area contributed by atoms with Crippen LogP contribution in [0, 0.1) is 5.92 Å². The number of fused-ring (bicyclic) bond motifs is 1. The van der Waals surface area contributed by atoms with Crippen LogP contribution >= 0.6 is 0 Å². The van der Waals surface area contributed by atoms with Gasteiger partial charge in [0.2, 0.25) is 5.95 Å². The van der Waals surface area contributed by atoms with Gasteiger partial charge >= 0.3 is 0 Å². The molecule has 2 aromatic heterocycles. The van der Waals surface area contributed by atoms with Crippen molar-refractivity contribution >= 4 is 16.9 Å². The first-order valence-corrected chi connectivity index (χ1v) is 9.12. The quantitative estimate of drug-likeness (QED) is 0.741. The average Bonchev–Trinajstić information content (AvgIpc) is 2.68. The fourth-order valence-electron chi connectivity index (χ4n) is 3.62. The molecule has 4 rings (SSSR count). The Kier molecular flexibility index (Phi) is 4.93. The van der Waals surface area contributed by atoms with Gasteiger partial charge in [-0.2, -0.15) is 0 Å². The summed E-state index contributed by atoms with van der Waals surface area (Å²) < 4.78 is 0. The maximum Gasteiger partial charge on any atom is 0.260 e. The summed E-state index contributed by atoms with van der Waals surface area (Å²) >= 11 is 0. The number of pyridine rings is 1. The molecule has 6 nitrogen and oxygen atoms in total. The van der Waals surface area contributed by atoms with E-state index in [4.69, 9.17) is 0 Å². The van der Waals surface area contributed by atoms with Crippen LogP contribution in [-0.4, -0.2) is 39.5 Å². The molecule has 1 aliphatic heterocycles. The van der Waals surface area contributed by atoms with Gasteiger partial charge in [-0.05, 0) is 49.1 Å². The summed E-state index contributed by atoms with van der Waals surface area (Å²) in [6.45, 7) is 3.91. The molecule has 0 saturated carbocycles. The SMILES string of the molecule is O=c1[nH]c(NCC2CCCN(Cc3cccnc3)C2)nc2ccccc12. The van der Waals surface area contributed by atoms with Crippen LogP contribution in [0.3, 0.4) is 0 Å². The molecule has 1 saturated heterocycles. The molecule has 1 fully saturated rings. The van der Waals surface area contributed by atoms with E-state index in [-0.39, 0.29) is 5.56 Å². The lowest BCUT2D eigenvalue weighted by molar-refractivity contribution is 0.173. The summed E-state index contributed by atoms with van der Waals surface area (Å²) in [7, 11) is 0. The zero-order valence-electron chi connectivity index (χ0n) is 14.7. The molecule has 1 aromatic carbocycles. The second kappa shape index (κ2) is 7.66. The highest BCUT2D eigenvalue weighted by atomic mass is 16.1. The van der Waals surface area contributed by atoms with Crippen molar-refractivity contribution in [2.75, 3.05) is 25.0 Å². The minimum absolute atomic E-state index is 0.0973. The number of aromatic nitrogens is 3. The summed E-state index contributed by atoms with van der Waals surface area (Å²) in [5.74, 6) is 1.09. The van der Waals surface area contributed by atoms with Gasteiger partial charge in [0.15, 0.2) is 0 Å². The number of para-hydroxylation sites is 1. The van der Waals surface area contributed by atoms with E-state index in [1.165, 1.54) is 18.4 Å². The standard InChI is InChI=1S/C20H23N5O/c26-19-17-7-1-2-8-18(17)23-20(24-19)22-12-16-6-4-10-25(14-16)13-15-5-3-9-21-11-15/h1-3,5,7-9,11,16H,4,6,10,12-14H2,(H2,22,23,24,26). The topological polar surface area (TPSA) is 73.9 Å². The number of nitrogens with one attached hydrogen (secondary N) is 2. The van der Waals surface area contributed by atoms with Gasteiger partial charge in [0.25, 0.3) is 5.56 Å². The summed E-state index contributed by atoms with van der Waals surface area (Å²) in [4.78, 5) is 26.2. The molecule has 1 atom stereocenters. The maximum atomic E-state index is 12.2. The normalized spacial score (nSPS) is 18.1. The van der Waals surface area contributed by atoms with Crippen LogP contribution in [0.25, 0.3) is 10.9 Å². The lowest BCUT2D eigenvalue weighted by Gasteiger charge is -2.32. The molecule has 6 heteroatoms. The Morgan fingerprint density at radius 3 is 3.04 bits per heavy atom. The van der Waals surface area contributed by atoms with Crippen molar-refractivity contribution in [1.82, 2.24) is 19.9 Å². The van der Waals surface area contributed by atoms with Crippen molar-refractivity contribution < 1.29 is 0 Å². The van der Waals surface area contributed by atoms with Gasteiger partial charge in [0.1, 0.15) is 0 Å². The molecule has 134 valence electrons. The number of rotatable bonds is 5. The fraction of sp³-hybridized carbons (Fsp3) is 0.350. The first kappa shape index (κ1) is 16.7. The lowest BCUT2D eigenvalue weighted by atomic mass is 9.97. The molecule has 0 amide bonds. The third-order valence-corrected chi connectivity index (χ3v) is 4.90. The van der Waals surface area contributed by atoms with Crippen LogP contribution in [0.15, 0.2) is 53.6 Å². The van der Waals surface area contributed by atoms with Gasteiger partial charge < -0.3 is 5.32 Å². The average molecular weight is 349 g/mol. The second-order valence-electron chi connectivity index (χ2n) is 6.92. The number of piperidine rings is 1. The maximum absolute atomic E-state index is 12.2. The van der Waals surface area contributed by atoms with E-state index in [1.807, 2.05) is 36.7 Å². The van der Waals surface area contributed by atoms with Crippen LogP contribution in [0.5, 0.6) is 0 Å². The van der Waals surface area contributed by atoms with E-state index in [0.717, 1.165) is 31.7 Å². The lowest BCUT2D eigenvalue weighted by Crippen LogP contribution is -2.37. The Balaban J connectivity index is 1.38. The molecule has 3 aromatic rings. The number of hydrogen-bond acceptors (Lipinski definition) is 5. The number of benzene rings is 1. The van der Waals surface area contributed by atoms with Gasteiger partial charge in [0.05, 0.1) is 10.9 Å². The van der Waals surface area contributed by atoms with Crippen molar-refractivity contribution in [3.8, 4) is 0 Å². The third-order valence-electron chi connectivity index (χ3n) is 4.90. The number of hydrogen-bond donors (Lipinski definition) is 2. The first-order valence-electron chi connectivity index (χ1n) is 9.12. The predicted octanol–water partition coefficient (Wildman–Crippen LogP) is 2.64. The van der Waals surface area contributed by atoms with Gasteiger partial charge in [-0.25, -0.2) is 4.98 Å². The monoisotopic (exact) mass is 349 g/mol. The first-order chi connectivity index (χ1) is 12.8. The molecule has 0 spiro atoms.